The van der Waals surface area contributed by atoms with E-state index in [0.717, 1.165) is 47.0 Å². The van der Waals surface area contributed by atoms with Gasteiger partial charge in [-0.1, -0.05) is 0 Å². The molecule has 0 amide bonds. The van der Waals surface area contributed by atoms with Gasteiger partial charge in [-0.3, -0.25) is 0 Å². The van der Waals surface area contributed by atoms with E-state index in [-0.39, 0.29) is 0 Å². The molecule has 14 bridgehead atoms. The highest BCUT2D eigenvalue weighted by Crippen LogP contribution is 2.53. The summed E-state index contributed by atoms with van der Waals surface area (Å²) in [5, 5.41) is 0. The van der Waals surface area contributed by atoms with Gasteiger partial charge in [-0.2, -0.15) is 0 Å². The van der Waals surface area contributed by atoms with Crippen molar-refractivity contribution >= 4 is 104 Å². The average Bonchev–Trinajstić information content (AvgIpc) is 4.14. The van der Waals surface area contributed by atoms with Crippen molar-refractivity contribution in [1.82, 2.24) is 0 Å². The Morgan fingerprint density at radius 2 is 0.533 bits per heavy atom. The van der Waals surface area contributed by atoms with Gasteiger partial charge in [-0.25, -0.2) is 0 Å². The van der Waals surface area contributed by atoms with Gasteiger partial charge in [0, 0.05) is 70.7 Å². The monoisotopic (exact) mass is 896 g/mol. The van der Waals surface area contributed by atoms with Crippen LogP contribution in [0.4, 0.5) is 0 Å². The fourth-order valence-electron chi connectivity index (χ4n) is 8.32. The molecule has 0 radical (unpaired) electrons. The van der Waals surface area contributed by atoms with Gasteiger partial charge in [0.15, 0.2) is 0 Å². The van der Waals surface area contributed by atoms with E-state index in [9.17, 15) is 0 Å². The van der Waals surface area contributed by atoms with Crippen molar-refractivity contribution in [3.8, 4) is 23.0 Å². The maximum absolute atomic E-state index is 5.81. The number of hydrogen-bond acceptors (Lipinski definition) is 10. The summed E-state index contributed by atoms with van der Waals surface area (Å²) in [6.07, 6.45) is 15.2. The number of hydrogen-bond donors (Lipinski definition) is 0. The third-order valence-electron chi connectivity index (χ3n) is 11.3. The van der Waals surface area contributed by atoms with Gasteiger partial charge in [0.25, 0.3) is 0 Å². The molecule has 3 aliphatic rings. The van der Waals surface area contributed by atoms with Crippen LogP contribution in [-0.4, -0.2) is 28.4 Å². The minimum absolute atomic E-state index is 0.469. The molecule has 3 aliphatic heterocycles. The first-order valence-corrected chi connectivity index (χ1v) is 24.4. The first-order valence-electron chi connectivity index (χ1n) is 19.5. The van der Waals surface area contributed by atoms with Crippen molar-refractivity contribution in [2.24, 2.45) is 0 Å². The number of thiophene rings is 6. The lowest BCUT2D eigenvalue weighted by atomic mass is 9.77. The summed E-state index contributed by atoms with van der Waals surface area (Å²) in [4.78, 5) is 15.1. The molecule has 0 spiro atoms. The molecule has 300 valence electrons. The van der Waals surface area contributed by atoms with Crippen LogP contribution in [0.3, 0.4) is 0 Å². The highest BCUT2D eigenvalue weighted by molar-refractivity contribution is 7.18. The quantitative estimate of drug-likeness (QED) is 0.152. The Bertz CT molecular complexity index is 2460. The molecule has 4 nitrogen and oxygen atoms in total. The van der Waals surface area contributed by atoms with Crippen LogP contribution in [0, 0.1) is 0 Å². The highest BCUT2D eigenvalue weighted by atomic mass is 32.1. The first kappa shape index (κ1) is 39.2. The van der Waals surface area contributed by atoms with E-state index in [2.05, 4.69) is 134 Å². The summed E-state index contributed by atoms with van der Waals surface area (Å²) >= 11 is 11.2. The van der Waals surface area contributed by atoms with Crippen molar-refractivity contribution in [2.45, 2.75) is 23.7 Å². The molecule has 6 aromatic heterocycles. The van der Waals surface area contributed by atoms with Crippen molar-refractivity contribution in [2.75, 3.05) is 28.4 Å². The zero-order chi connectivity index (χ0) is 40.8. The normalized spacial score (nSPS) is 19.3. The summed E-state index contributed by atoms with van der Waals surface area (Å²) < 4.78 is 23.2. The van der Waals surface area contributed by atoms with E-state index in [4.69, 9.17) is 18.9 Å². The standard InChI is InChI=1S/C50H40O4S6/c1-51-33-23-31(24-34(27-33)52-2)29-49-43-17-11-37(55-43)5-8-40-14-20-46(58-40)50(30-32-25-35(53-3)28-36(26-32)54-4,47-21-15-41(59-47)9-6-38-12-18-44(49)56-38)48-22-16-42(60-48)10-7-39-13-19-45(49)57-39/h5-28H,29-30H2,1-4H3/b8-5+,9-6+,10-7+. The lowest BCUT2D eigenvalue weighted by molar-refractivity contribution is 0.392. The van der Waals surface area contributed by atoms with E-state index in [1.54, 1.807) is 28.4 Å². The SMILES string of the molecule is COc1cc(CC23c4ccc(s4)/C=C/c4ccc(s4)C(Cc4cc(OC)cc(OC)c4)(c4ccc(s4)/C=C/c4ccc2s4)c2ccc(s2)/C=C/c2ccc3s2)cc(OC)c1. The second-order valence-electron chi connectivity index (χ2n) is 14.8. The van der Waals surface area contributed by atoms with Crippen molar-refractivity contribution in [3.05, 3.63) is 179 Å². The van der Waals surface area contributed by atoms with E-state index in [1.165, 1.54) is 58.5 Å². The third-order valence-corrected chi connectivity index (χ3v) is 18.6. The van der Waals surface area contributed by atoms with E-state index in [1.807, 2.05) is 80.2 Å². The van der Waals surface area contributed by atoms with Gasteiger partial charge < -0.3 is 18.9 Å². The van der Waals surface area contributed by atoms with Crippen LogP contribution >= 0.6 is 68.0 Å². The van der Waals surface area contributed by atoms with Gasteiger partial charge >= 0.3 is 0 Å². The lowest BCUT2D eigenvalue weighted by Gasteiger charge is -2.32. The molecule has 0 saturated carbocycles. The van der Waals surface area contributed by atoms with Crippen molar-refractivity contribution in [3.63, 3.8) is 0 Å². The first-order chi connectivity index (χ1) is 29.4. The number of methoxy groups -OCH3 is 4. The predicted molar refractivity (Wildman–Crippen MR) is 259 cm³/mol. The molecule has 0 unspecified atom stereocenters. The summed E-state index contributed by atoms with van der Waals surface area (Å²) in [5.41, 5.74) is 1.36. The van der Waals surface area contributed by atoms with Crippen LogP contribution in [-0.2, 0) is 23.7 Å². The summed E-state index contributed by atoms with van der Waals surface area (Å²) in [5.74, 6) is 3.14. The molecule has 2 aromatic carbocycles. The van der Waals surface area contributed by atoms with Crippen LogP contribution < -0.4 is 18.9 Å². The highest BCUT2D eigenvalue weighted by Gasteiger charge is 2.43. The van der Waals surface area contributed by atoms with Crippen LogP contribution in [0.2, 0.25) is 0 Å². The molecule has 0 atom stereocenters. The lowest BCUT2D eigenvalue weighted by Crippen LogP contribution is -2.29. The van der Waals surface area contributed by atoms with Crippen LogP contribution in [0.25, 0.3) is 36.5 Å². The minimum atomic E-state index is -0.469. The molecular formula is C50H40O4S6. The molecular weight excluding hydrogens is 857 g/mol. The molecule has 0 fully saturated rings. The Hall–Kier alpha value is -4.94. The molecule has 8 aromatic rings. The number of rotatable bonds is 8. The van der Waals surface area contributed by atoms with E-state index < -0.39 is 10.8 Å². The zero-order valence-electron chi connectivity index (χ0n) is 33.4. The van der Waals surface area contributed by atoms with Crippen molar-refractivity contribution < 1.29 is 18.9 Å². The molecule has 60 heavy (non-hydrogen) atoms. The Morgan fingerprint density at radius 3 is 0.733 bits per heavy atom. The summed E-state index contributed by atoms with van der Waals surface area (Å²) in [7, 11) is 6.89. The zero-order valence-corrected chi connectivity index (χ0v) is 38.3. The Balaban J connectivity index is 1.25. The van der Waals surface area contributed by atoms with Gasteiger partial charge in [0.1, 0.15) is 23.0 Å². The largest absolute Gasteiger partial charge is 0.497 e. The van der Waals surface area contributed by atoms with Crippen molar-refractivity contribution in [1.29, 1.82) is 0 Å². The molecule has 11 rings (SSSR count). The maximum atomic E-state index is 5.81. The van der Waals surface area contributed by atoms with Crippen LogP contribution in [0.15, 0.2) is 109 Å². The summed E-state index contributed by atoms with van der Waals surface area (Å²) in [6, 6.07) is 40.4. The average molecular weight is 897 g/mol. The molecule has 9 heterocycles. The van der Waals surface area contributed by atoms with Gasteiger partial charge in [0.05, 0.1) is 39.3 Å². The number of ether oxygens (including phenoxy) is 4. The van der Waals surface area contributed by atoms with E-state index in [0.29, 0.717) is 0 Å². The van der Waals surface area contributed by atoms with Crippen LogP contribution in [0.1, 0.15) is 69.7 Å². The fraction of sp³-hybridized carbons (Fsp3) is 0.160. The predicted octanol–water partition coefficient (Wildman–Crippen LogP) is 14.4. The molecule has 0 aliphatic carbocycles. The van der Waals surface area contributed by atoms with Crippen LogP contribution in [0.5, 0.6) is 23.0 Å². The smallest absolute Gasteiger partial charge is 0.122 e. The summed E-state index contributed by atoms with van der Waals surface area (Å²) in [6.45, 7) is 0. The number of benzene rings is 2. The maximum Gasteiger partial charge on any atom is 0.122 e. The Labute approximate surface area is 374 Å². The molecule has 10 heteroatoms. The Morgan fingerprint density at radius 1 is 0.317 bits per heavy atom. The molecule has 0 N–H and O–H groups in total. The van der Waals surface area contributed by atoms with Gasteiger partial charge in [-0.15, -0.1) is 68.0 Å². The third kappa shape index (κ3) is 7.13. The van der Waals surface area contributed by atoms with Gasteiger partial charge in [0.2, 0.25) is 0 Å². The minimum Gasteiger partial charge on any atom is -0.497 e. The fourth-order valence-corrected chi connectivity index (χ4v) is 15.5. The second-order valence-corrected chi connectivity index (χ2v) is 21.5. The Kier molecular flexibility index (Phi) is 10.6. The molecule has 0 saturated heterocycles. The van der Waals surface area contributed by atoms with Gasteiger partial charge in [-0.05, 0) is 157 Å². The van der Waals surface area contributed by atoms with E-state index >= 15 is 0 Å². The second kappa shape index (κ2) is 16.2. The topological polar surface area (TPSA) is 36.9 Å².